The molecule has 0 radical (unpaired) electrons. The largest absolute Gasteiger partial charge is 0.325 e. The van der Waals surface area contributed by atoms with Gasteiger partial charge in [-0.1, -0.05) is 24.3 Å². The lowest BCUT2D eigenvalue weighted by atomic mass is 9.95. The van der Waals surface area contributed by atoms with Crippen LogP contribution in [0.4, 0.5) is 0 Å². The Labute approximate surface area is 105 Å². The molecule has 2 nitrogen and oxygen atoms in total. The zero-order valence-corrected chi connectivity index (χ0v) is 11.1. The molecule has 1 aliphatic heterocycles. The molecular formula is C15H24N2. The lowest BCUT2D eigenvalue weighted by Crippen LogP contribution is -2.34. The zero-order chi connectivity index (χ0) is 12.3. The van der Waals surface area contributed by atoms with E-state index in [1.165, 1.54) is 37.1 Å². The van der Waals surface area contributed by atoms with Crippen molar-refractivity contribution in [2.24, 2.45) is 5.73 Å². The first-order valence-corrected chi connectivity index (χ1v) is 6.62. The maximum Gasteiger partial charge on any atom is 0.0233 e. The fourth-order valence-corrected chi connectivity index (χ4v) is 2.56. The van der Waals surface area contributed by atoms with Gasteiger partial charge in [0, 0.05) is 12.1 Å². The lowest BCUT2D eigenvalue weighted by Gasteiger charge is -2.20. The van der Waals surface area contributed by atoms with Crippen molar-refractivity contribution in [3.05, 3.63) is 35.4 Å². The molecule has 2 heteroatoms. The third kappa shape index (κ3) is 4.14. The van der Waals surface area contributed by atoms with Crippen molar-refractivity contribution in [3.63, 3.8) is 0 Å². The van der Waals surface area contributed by atoms with Crippen LogP contribution in [0.3, 0.4) is 0 Å². The van der Waals surface area contributed by atoms with E-state index in [-0.39, 0.29) is 5.54 Å². The van der Waals surface area contributed by atoms with E-state index in [1.54, 1.807) is 0 Å². The highest BCUT2D eigenvalue weighted by Gasteiger charge is 2.14. The van der Waals surface area contributed by atoms with Gasteiger partial charge in [0.05, 0.1) is 0 Å². The Morgan fingerprint density at radius 1 is 1.18 bits per heavy atom. The van der Waals surface area contributed by atoms with Crippen LogP contribution in [0.25, 0.3) is 0 Å². The van der Waals surface area contributed by atoms with E-state index in [0.717, 1.165) is 13.0 Å². The first kappa shape index (κ1) is 12.6. The molecule has 0 spiro atoms. The first-order valence-electron chi connectivity index (χ1n) is 6.62. The normalized spacial score (nSPS) is 17.6. The monoisotopic (exact) mass is 232 g/mol. The van der Waals surface area contributed by atoms with Gasteiger partial charge in [0.25, 0.3) is 0 Å². The summed E-state index contributed by atoms with van der Waals surface area (Å²) >= 11 is 0. The molecule has 2 rings (SSSR count). The number of nitrogens with zero attached hydrogens (tertiary/aromatic N) is 1. The highest BCUT2D eigenvalue weighted by molar-refractivity contribution is 5.25. The Hall–Kier alpha value is -0.860. The summed E-state index contributed by atoms with van der Waals surface area (Å²) in [6, 6.07) is 8.88. The smallest absolute Gasteiger partial charge is 0.0233 e. The predicted octanol–water partition coefficient (Wildman–Crippen LogP) is 2.56. The van der Waals surface area contributed by atoms with Crippen LogP contribution in [0.15, 0.2) is 24.3 Å². The average molecular weight is 232 g/mol. The second-order valence-electron chi connectivity index (χ2n) is 5.97. The van der Waals surface area contributed by atoms with Crippen molar-refractivity contribution in [2.45, 2.75) is 45.2 Å². The standard InChI is InChI=1S/C15H24N2/c1-15(2,16)11-13-6-5-7-14(10-13)12-17-8-3-4-9-17/h5-7,10H,3-4,8-9,11-12,16H2,1-2H3. The maximum absolute atomic E-state index is 6.07. The average Bonchev–Trinajstić information content (AvgIpc) is 2.68. The molecule has 1 heterocycles. The summed E-state index contributed by atoms with van der Waals surface area (Å²) in [4.78, 5) is 2.53. The van der Waals surface area contributed by atoms with Gasteiger partial charge >= 0.3 is 0 Å². The highest BCUT2D eigenvalue weighted by Crippen LogP contribution is 2.16. The Bertz CT molecular complexity index is 359. The Morgan fingerprint density at radius 2 is 1.82 bits per heavy atom. The van der Waals surface area contributed by atoms with Crippen LogP contribution in [0.1, 0.15) is 37.8 Å². The lowest BCUT2D eigenvalue weighted by molar-refractivity contribution is 0.331. The molecule has 1 aromatic rings. The number of hydrogen-bond donors (Lipinski definition) is 1. The van der Waals surface area contributed by atoms with Crippen molar-refractivity contribution in [1.82, 2.24) is 4.90 Å². The van der Waals surface area contributed by atoms with Crippen LogP contribution in [-0.2, 0) is 13.0 Å². The van der Waals surface area contributed by atoms with Gasteiger partial charge in [-0.25, -0.2) is 0 Å². The number of benzene rings is 1. The van der Waals surface area contributed by atoms with E-state index in [9.17, 15) is 0 Å². The van der Waals surface area contributed by atoms with Crippen molar-refractivity contribution < 1.29 is 0 Å². The fourth-order valence-electron chi connectivity index (χ4n) is 2.56. The molecule has 1 fully saturated rings. The van der Waals surface area contributed by atoms with Gasteiger partial charge in [0.15, 0.2) is 0 Å². The maximum atomic E-state index is 6.07. The SMILES string of the molecule is CC(C)(N)Cc1cccc(CN2CCCC2)c1. The number of likely N-dealkylation sites (tertiary alicyclic amines) is 1. The van der Waals surface area contributed by atoms with E-state index in [0.29, 0.717) is 0 Å². The van der Waals surface area contributed by atoms with Gasteiger partial charge in [0.1, 0.15) is 0 Å². The molecule has 1 aliphatic rings. The van der Waals surface area contributed by atoms with Gasteiger partial charge in [0.2, 0.25) is 0 Å². The van der Waals surface area contributed by atoms with Crippen molar-refractivity contribution >= 4 is 0 Å². The number of rotatable bonds is 4. The highest BCUT2D eigenvalue weighted by atomic mass is 15.1. The molecule has 94 valence electrons. The molecule has 0 aliphatic carbocycles. The minimum absolute atomic E-state index is 0.119. The molecule has 1 aromatic carbocycles. The van der Waals surface area contributed by atoms with Crippen LogP contribution in [0.5, 0.6) is 0 Å². The molecule has 1 saturated heterocycles. The second-order valence-corrected chi connectivity index (χ2v) is 5.97. The van der Waals surface area contributed by atoms with E-state index in [2.05, 4.69) is 43.0 Å². The van der Waals surface area contributed by atoms with E-state index in [4.69, 9.17) is 5.73 Å². The molecule has 0 unspecified atom stereocenters. The minimum atomic E-state index is -0.119. The molecule has 0 atom stereocenters. The van der Waals surface area contributed by atoms with Crippen molar-refractivity contribution in [3.8, 4) is 0 Å². The van der Waals surface area contributed by atoms with Gasteiger partial charge in [-0.2, -0.15) is 0 Å². The summed E-state index contributed by atoms with van der Waals surface area (Å²) in [5.41, 5.74) is 8.73. The molecule has 0 aromatic heterocycles. The summed E-state index contributed by atoms with van der Waals surface area (Å²) in [6.07, 6.45) is 3.66. The molecular weight excluding hydrogens is 208 g/mol. The fraction of sp³-hybridized carbons (Fsp3) is 0.600. The Kier molecular flexibility index (Phi) is 3.85. The van der Waals surface area contributed by atoms with Gasteiger partial charge in [-0.15, -0.1) is 0 Å². The molecule has 2 N–H and O–H groups in total. The molecule has 17 heavy (non-hydrogen) atoms. The third-order valence-electron chi connectivity index (χ3n) is 3.26. The molecule has 0 amide bonds. The van der Waals surface area contributed by atoms with Crippen LogP contribution in [-0.4, -0.2) is 23.5 Å². The summed E-state index contributed by atoms with van der Waals surface area (Å²) in [5.74, 6) is 0. The van der Waals surface area contributed by atoms with E-state index >= 15 is 0 Å². The molecule has 0 saturated carbocycles. The topological polar surface area (TPSA) is 29.3 Å². The zero-order valence-electron chi connectivity index (χ0n) is 11.1. The van der Waals surface area contributed by atoms with E-state index < -0.39 is 0 Å². The predicted molar refractivity (Wildman–Crippen MR) is 72.9 cm³/mol. The Morgan fingerprint density at radius 3 is 2.47 bits per heavy atom. The van der Waals surface area contributed by atoms with Gasteiger partial charge in [-0.3, -0.25) is 4.90 Å². The quantitative estimate of drug-likeness (QED) is 0.864. The van der Waals surface area contributed by atoms with Crippen LogP contribution >= 0.6 is 0 Å². The summed E-state index contributed by atoms with van der Waals surface area (Å²) < 4.78 is 0. The van der Waals surface area contributed by atoms with Crippen molar-refractivity contribution in [2.75, 3.05) is 13.1 Å². The summed E-state index contributed by atoms with van der Waals surface area (Å²) in [5, 5.41) is 0. The van der Waals surface area contributed by atoms with Crippen LogP contribution in [0.2, 0.25) is 0 Å². The van der Waals surface area contributed by atoms with E-state index in [1.807, 2.05) is 0 Å². The first-order chi connectivity index (χ1) is 8.03. The van der Waals surface area contributed by atoms with Crippen LogP contribution < -0.4 is 5.73 Å². The Balaban J connectivity index is 2.00. The second kappa shape index (κ2) is 5.19. The van der Waals surface area contributed by atoms with Gasteiger partial charge < -0.3 is 5.73 Å². The summed E-state index contributed by atoms with van der Waals surface area (Å²) in [6.45, 7) is 7.78. The molecule has 0 bridgehead atoms. The van der Waals surface area contributed by atoms with Gasteiger partial charge in [-0.05, 0) is 57.3 Å². The summed E-state index contributed by atoms with van der Waals surface area (Å²) in [7, 11) is 0. The number of hydrogen-bond acceptors (Lipinski definition) is 2. The third-order valence-corrected chi connectivity index (χ3v) is 3.26. The van der Waals surface area contributed by atoms with Crippen molar-refractivity contribution in [1.29, 1.82) is 0 Å². The number of nitrogens with two attached hydrogens (primary N) is 1. The minimum Gasteiger partial charge on any atom is -0.325 e. The van der Waals surface area contributed by atoms with Crippen LogP contribution in [0, 0.1) is 0 Å².